The average Bonchev–Trinajstić information content (AvgIpc) is 2.43. The van der Waals surface area contributed by atoms with E-state index in [-0.39, 0.29) is 12.2 Å². The zero-order valence-corrected chi connectivity index (χ0v) is 14.9. The first-order valence-corrected chi connectivity index (χ1v) is 8.26. The van der Waals surface area contributed by atoms with Crippen LogP contribution in [0.15, 0.2) is 12.1 Å². The van der Waals surface area contributed by atoms with Gasteiger partial charge >= 0.3 is 6.09 Å². The molecule has 5 nitrogen and oxygen atoms in total. The fourth-order valence-corrected chi connectivity index (χ4v) is 2.78. The van der Waals surface area contributed by atoms with Gasteiger partial charge in [-0.25, -0.2) is 4.79 Å². The van der Waals surface area contributed by atoms with Gasteiger partial charge in [-0.3, -0.25) is 4.98 Å². The second kappa shape index (κ2) is 7.30. The highest BCUT2D eigenvalue weighted by atomic mass is 16.6. The van der Waals surface area contributed by atoms with Crippen molar-refractivity contribution in [1.82, 2.24) is 9.88 Å². The zero-order valence-electron chi connectivity index (χ0n) is 14.9. The topological polar surface area (TPSA) is 51.7 Å². The number of rotatable bonds is 3. The largest absolute Gasteiger partial charge is 0.444 e. The van der Waals surface area contributed by atoms with Crippen LogP contribution in [0.3, 0.4) is 0 Å². The van der Waals surface area contributed by atoms with E-state index >= 15 is 0 Å². The molecular weight excluding hydrogens is 292 g/mol. The van der Waals surface area contributed by atoms with Crippen LogP contribution in [-0.2, 0) is 16.1 Å². The van der Waals surface area contributed by atoms with Crippen molar-refractivity contribution in [2.75, 3.05) is 13.1 Å². The Kier molecular flexibility index (Phi) is 5.63. The summed E-state index contributed by atoms with van der Waals surface area (Å²) < 4.78 is 11.5. The summed E-state index contributed by atoms with van der Waals surface area (Å²) in [5.74, 6) is 0. The van der Waals surface area contributed by atoms with Crippen molar-refractivity contribution in [3.05, 3.63) is 29.1 Å². The number of aromatic nitrogens is 1. The Morgan fingerprint density at radius 3 is 2.57 bits per heavy atom. The molecule has 0 bridgehead atoms. The Morgan fingerprint density at radius 1 is 1.30 bits per heavy atom. The number of hydrogen-bond donors (Lipinski definition) is 0. The van der Waals surface area contributed by atoms with Crippen molar-refractivity contribution in [3.63, 3.8) is 0 Å². The second-order valence-corrected chi connectivity index (χ2v) is 7.26. The maximum atomic E-state index is 12.2. The lowest BCUT2D eigenvalue weighted by Crippen LogP contribution is -2.45. The summed E-state index contributed by atoms with van der Waals surface area (Å²) in [4.78, 5) is 18.3. The maximum absolute atomic E-state index is 12.2. The third-order valence-electron chi connectivity index (χ3n) is 3.66. The van der Waals surface area contributed by atoms with Crippen LogP contribution in [0.5, 0.6) is 0 Å². The lowest BCUT2D eigenvalue weighted by atomic mass is 10.1. The minimum absolute atomic E-state index is 0.0602. The van der Waals surface area contributed by atoms with E-state index in [1.54, 1.807) is 4.90 Å². The number of nitrogens with zero attached hydrogens (tertiary/aromatic N) is 2. The van der Waals surface area contributed by atoms with Crippen LogP contribution in [0.4, 0.5) is 4.79 Å². The van der Waals surface area contributed by atoms with Gasteiger partial charge in [0.2, 0.25) is 0 Å². The van der Waals surface area contributed by atoms with Crippen molar-refractivity contribution in [3.8, 4) is 0 Å². The molecule has 1 amide bonds. The zero-order chi connectivity index (χ0) is 17.0. The van der Waals surface area contributed by atoms with Gasteiger partial charge in [0, 0.05) is 17.9 Å². The van der Waals surface area contributed by atoms with E-state index in [1.165, 1.54) is 0 Å². The van der Waals surface area contributed by atoms with Gasteiger partial charge in [-0.2, -0.15) is 0 Å². The minimum Gasteiger partial charge on any atom is -0.444 e. The number of amides is 1. The molecule has 1 fully saturated rings. The molecule has 0 radical (unpaired) electrons. The predicted molar refractivity (Wildman–Crippen MR) is 89.3 cm³/mol. The first-order valence-electron chi connectivity index (χ1n) is 8.26. The molecule has 0 spiro atoms. The Bertz CT molecular complexity index is 531. The van der Waals surface area contributed by atoms with Crippen molar-refractivity contribution in [2.45, 2.75) is 65.8 Å². The first-order chi connectivity index (χ1) is 10.7. The third-order valence-corrected chi connectivity index (χ3v) is 3.66. The van der Waals surface area contributed by atoms with Gasteiger partial charge in [0.05, 0.1) is 19.3 Å². The molecular formula is C18H28N2O3. The number of ether oxygens (including phenoxy) is 2. The number of likely N-dealkylation sites (tertiary alicyclic amines) is 1. The molecule has 1 aliphatic heterocycles. The van der Waals surface area contributed by atoms with Gasteiger partial charge in [0.25, 0.3) is 0 Å². The molecule has 0 aliphatic carbocycles. The number of piperidine rings is 1. The molecule has 0 aromatic carbocycles. The molecule has 128 valence electrons. The van der Waals surface area contributed by atoms with Crippen LogP contribution < -0.4 is 0 Å². The third kappa shape index (κ3) is 5.82. The van der Waals surface area contributed by atoms with Gasteiger partial charge in [0.1, 0.15) is 5.60 Å². The predicted octanol–water partition coefficient (Wildman–Crippen LogP) is 3.61. The van der Waals surface area contributed by atoms with E-state index < -0.39 is 5.60 Å². The highest BCUT2D eigenvalue weighted by Gasteiger charge is 2.27. The van der Waals surface area contributed by atoms with Crippen LogP contribution in [-0.4, -0.2) is 40.8 Å². The van der Waals surface area contributed by atoms with Crippen molar-refractivity contribution >= 4 is 6.09 Å². The maximum Gasteiger partial charge on any atom is 0.410 e. The standard InChI is InChI=1S/C18H28N2O3/c1-13-9-15(10-14(2)19-13)12-22-16-7-6-8-20(11-16)17(21)23-18(3,4)5/h9-10,16H,6-8,11-12H2,1-5H3. The van der Waals surface area contributed by atoms with E-state index in [0.29, 0.717) is 13.2 Å². The summed E-state index contributed by atoms with van der Waals surface area (Å²) in [6, 6.07) is 4.09. The Balaban J connectivity index is 1.87. The second-order valence-electron chi connectivity index (χ2n) is 7.26. The molecule has 1 aliphatic rings. The summed E-state index contributed by atoms with van der Waals surface area (Å²) >= 11 is 0. The van der Waals surface area contributed by atoms with E-state index in [2.05, 4.69) is 4.98 Å². The normalized spacial score (nSPS) is 18.8. The van der Waals surface area contributed by atoms with Gasteiger partial charge in [-0.1, -0.05) is 0 Å². The van der Waals surface area contributed by atoms with E-state index in [4.69, 9.17) is 9.47 Å². The molecule has 1 unspecified atom stereocenters. The van der Waals surface area contributed by atoms with Crippen LogP contribution in [0.2, 0.25) is 0 Å². The monoisotopic (exact) mass is 320 g/mol. The van der Waals surface area contributed by atoms with Crippen LogP contribution in [0, 0.1) is 13.8 Å². The lowest BCUT2D eigenvalue weighted by molar-refractivity contribution is -0.0259. The number of hydrogen-bond acceptors (Lipinski definition) is 4. The minimum atomic E-state index is -0.461. The van der Waals surface area contributed by atoms with Crippen LogP contribution >= 0.6 is 0 Å². The van der Waals surface area contributed by atoms with E-state index in [1.807, 2.05) is 46.8 Å². The van der Waals surface area contributed by atoms with Crippen molar-refractivity contribution in [1.29, 1.82) is 0 Å². The molecule has 23 heavy (non-hydrogen) atoms. The number of aryl methyl sites for hydroxylation is 2. The summed E-state index contributed by atoms with van der Waals surface area (Å²) in [6.07, 6.45) is 1.73. The van der Waals surface area contributed by atoms with Gasteiger partial charge in [-0.05, 0) is 65.2 Å². The fourth-order valence-electron chi connectivity index (χ4n) is 2.78. The molecule has 1 atom stereocenters. The molecule has 1 aromatic heterocycles. The highest BCUT2D eigenvalue weighted by Crippen LogP contribution is 2.18. The first kappa shape index (κ1) is 17.7. The van der Waals surface area contributed by atoms with Gasteiger partial charge in [0.15, 0.2) is 0 Å². The van der Waals surface area contributed by atoms with E-state index in [0.717, 1.165) is 36.3 Å². The summed E-state index contributed by atoms with van der Waals surface area (Å²) in [5, 5.41) is 0. The number of carbonyl (C=O) groups is 1. The smallest absolute Gasteiger partial charge is 0.410 e. The van der Waals surface area contributed by atoms with E-state index in [9.17, 15) is 4.79 Å². The molecule has 2 rings (SSSR count). The van der Waals surface area contributed by atoms with Crippen LogP contribution in [0.25, 0.3) is 0 Å². The molecule has 5 heteroatoms. The average molecular weight is 320 g/mol. The lowest BCUT2D eigenvalue weighted by Gasteiger charge is -2.34. The van der Waals surface area contributed by atoms with Crippen molar-refractivity contribution < 1.29 is 14.3 Å². The van der Waals surface area contributed by atoms with Gasteiger partial charge < -0.3 is 14.4 Å². The molecule has 1 saturated heterocycles. The fraction of sp³-hybridized carbons (Fsp3) is 0.667. The molecule has 1 aromatic rings. The highest BCUT2D eigenvalue weighted by molar-refractivity contribution is 5.68. The molecule has 2 heterocycles. The number of pyridine rings is 1. The summed E-state index contributed by atoms with van der Waals surface area (Å²) in [7, 11) is 0. The Morgan fingerprint density at radius 2 is 1.96 bits per heavy atom. The molecule has 0 N–H and O–H groups in total. The molecule has 0 saturated carbocycles. The van der Waals surface area contributed by atoms with Crippen LogP contribution in [0.1, 0.15) is 50.6 Å². The Hall–Kier alpha value is -1.62. The number of carbonyl (C=O) groups excluding carboxylic acids is 1. The summed E-state index contributed by atoms with van der Waals surface area (Å²) in [6.45, 7) is 11.5. The van der Waals surface area contributed by atoms with Crippen molar-refractivity contribution in [2.24, 2.45) is 0 Å². The SMILES string of the molecule is Cc1cc(COC2CCCN(C(=O)OC(C)(C)C)C2)cc(C)n1. The Labute approximate surface area is 139 Å². The quantitative estimate of drug-likeness (QED) is 0.853. The van der Waals surface area contributed by atoms with Gasteiger partial charge in [-0.15, -0.1) is 0 Å². The summed E-state index contributed by atoms with van der Waals surface area (Å²) in [5.41, 5.74) is 2.67.